The van der Waals surface area contributed by atoms with Crippen LogP contribution in [0, 0.1) is 0 Å². The SMILES string of the molecule is Nc1nc2[nH]c(CC(=O)NCCCC(=O)N[C@@H](CCC(=O)O)C(=O)O)cc2c(=O)[nH]1. The third-order valence-electron chi connectivity index (χ3n) is 4.11. The van der Waals surface area contributed by atoms with Crippen molar-refractivity contribution in [3.63, 3.8) is 0 Å². The predicted molar refractivity (Wildman–Crippen MR) is 104 cm³/mol. The summed E-state index contributed by atoms with van der Waals surface area (Å²) in [6.45, 7) is 0.172. The summed E-state index contributed by atoms with van der Waals surface area (Å²) in [5, 5.41) is 22.7. The third kappa shape index (κ3) is 6.61. The van der Waals surface area contributed by atoms with Crippen molar-refractivity contribution >= 4 is 40.7 Å². The monoisotopic (exact) mass is 422 g/mol. The Labute approximate surface area is 169 Å². The molecule has 2 heterocycles. The smallest absolute Gasteiger partial charge is 0.326 e. The molecule has 0 spiro atoms. The van der Waals surface area contributed by atoms with E-state index in [1.165, 1.54) is 6.07 Å². The first-order valence-corrected chi connectivity index (χ1v) is 9.03. The van der Waals surface area contributed by atoms with Crippen LogP contribution in [0.2, 0.25) is 0 Å². The van der Waals surface area contributed by atoms with E-state index in [0.29, 0.717) is 5.69 Å². The van der Waals surface area contributed by atoms with E-state index >= 15 is 0 Å². The number of rotatable bonds is 11. The van der Waals surface area contributed by atoms with Crippen molar-refractivity contribution in [3.05, 3.63) is 22.1 Å². The van der Waals surface area contributed by atoms with E-state index < -0.39 is 29.4 Å². The molecule has 1 atom stereocenters. The molecule has 0 saturated carbocycles. The zero-order chi connectivity index (χ0) is 22.3. The van der Waals surface area contributed by atoms with Gasteiger partial charge in [-0.2, -0.15) is 4.98 Å². The van der Waals surface area contributed by atoms with Gasteiger partial charge in [0.2, 0.25) is 17.8 Å². The van der Waals surface area contributed by atoms with Crippen LogP contribution in [0.5, 0.6) is 0 Å². The van der Waals surface area contributed by atoms with Crippen LogP contribution in [0.1, 0.15) is 31.4 Å². The Morgan fingerprint density at radius 2 is 1.87 bits per heavy atom. The van der Waals surface area contributed by atoms with Crippen LogP contribution in [0.4, 0.5) is 5.95 Å². The van der Waals surface area contributed by atoms with Gasteiger partial charge in [-0.15, -0.1) is 0 Å². The van der Waals surface area contributed by atoms with Crippen LogP contribution < -0.4 is 21.9 Å². The van der Waals surface area contributed by atoms with Crippen molar-refractivity contribution < 1.29 is 29.4 Å². The summed E-state index contributed by atoms with van der Waals surface area (Å²) in [4.78, 5) is 66.3. The molecule has 0 aliphatic heterocycles. The number of hydrogen-bond acceptors (Lipinski definition) is 7. The zero-order valence-electron chi connectivity index (χ0n) is 15.9. The summed E-state index contributed by atoms with van der Waals surface area (Å²) in [5.41, 5.74) is 5.77. The Morgan fingerprint density at radius 1 is 1.13 bits per heavy atom. The molecule has 2 aromatic rings. The average Bonchev–Trinajstić information content (AvgIpc) is 3.04. The second kappa shape index (κ2) is 10.0. The lowest BCUT2D eigenvalue weighted by Gasteiger charge is -2.13. The van der Waals surface area contributed by atoms with Crippen LogP contribution >= 0.6 is 0 Å². The Hall–Kier alpha value is -3.90. The summed E-state index contributed by atoms with van der Waals surface area (Å²) in [6.07, 6.45) is -0.427. The number of nitrogen functional groups attached to an aromatic ring is 1. The van der Waals surface area contributed by atoms with Gasteiger partial charge >= 0.3 is 11.9 Å². The summed E-state index contributed by atoms with van der Waals surface area (Å²) in [7, 11) is 0. The van der Waals surface area contributed by atoms with Crippen molar-refractivity contribution in [3.8, 4) is 0 Å². The van der Waals surface area contributed by atoms with Crippen molar-refractivity contribution in [2.45, 2.75) is 38.1 Å². The number of carbonyl (C=O) groups excluding carboxylic acids is 2. The number of aromatic nitrogens is 3. The molecule has 0 radical (unpaired) electrons. The van der Waals surface area contributed by atoms with E-state index in [2.05, 4.69) is 25.6 Å². The molecule has 2 aromatic heterocycles. The number of carboxylic acid groups (broad SMARTS) is 2. The molecular weight excluding hydrogens is 400 g/mol. The normalized spacial score (nSPS) is 11.7. The van der Waals surface area contributed by atoms with Gasteiger partial charge in [-0.25, -0.2) is 4.79 Å². The number of nitrogens with one attached hydrogen (secondary N) is 4. The highest BCUT2D eigenvalue weighted by Gasteiger charge is 2.20. The number of nitrogens with zero attached hydrogens (tertiary/aromatic N) is 1. The Morgan fingerprint density at radius 3 is 2.53 bits per heavy atom. The molecule has 13 nitrogen and oxygen atoms in total. The number of amides is 2. The van der Waals surface area contributed by atoms with E-state index in [-0.39, 0.29) is 61.5 Å². The van der Waals surface area contributed by atoms with Gasteiger partial charge in [-0.1, -0.05) is 0 Å². The van der Waals surface area contributed by atoms with Gasteiger partial charge in [0.15, 0.2) is 0 Å². The Balaban J connectivity index is 1.74. The van der Waals surface area contributed by atoms with Gasteiger partial charge in [-0.3, -0.25) is 24.2 Å². The molecule has 0 bridgehead atoms. The second-order valence-electron chi connectivity index (χ2n) is 6.53. The highest BCUT2D eigenvalue weighted by atomic mass is 16.4. The zero-order valence-corrected chi connectivity index (χ0v) is 15.9. The fraction of sp³-hybridized carbons (Fsp3) is 0.412. The van der Waals surface area contributed by atoms with Crippen LogP contribution in [-0.4, -0.2) is 61.5 Å². The van der Waals surface area contributed by atoms with Crippen LogP contribution in [-0.2, 0) is 25.6 Å². The molecule has 0 aliphatic rings. The number of anilines is 1. The number of hydrogen-bond donors (Lipinski definition) is 7. The van der Waals surface area contributed by atoms with E-state index in [4.69, 9.17) is 15.9 Å². The van der Waals surface area contributed by atoms with Gasteiger partial charge < -0.3 is 31.6 Å². The number of fused-ring (bicyclic) bond motifs is 1. The fourth-order valence-electron chi connectivity index (χ4n) is 2.69. The van der Waals surface area contributed by atoms with Gasteiger partial charge in [0.25, 0.3) is 5.56 Å². The van der Waals surface area contributed by atoms with Crippen LogP contribution in [0.25, 0.3) is 11.0 Å². The molecule has 0 unspecified atom stereocenters. The van der Waals surface area contributed by atoms with Crippen molar-refractivity contribution in [2.75, 3.05) is 12.3 Å². The molecule has 0 aromatic carbocycles. The molecular formula is C17H22N6O7. The van der Waals surface area contributed by atoms with Crippen molar-refractivity contribution in [2.24, 2.45) is 0 Å². The second-order valence-corrected chi connectivity index (χ2v) is 6.53. The standard InChI is InChI=1S/C17H22N6O7/c18-17-22-14-9(15(28)23-17)6-8(20-14)7-12(25)19-5-1-2-11(24)21-10(16(29)30)3-4-13(26)27/h6,10H,1-5,7H2,(H,19,25)(H,21,24)(H,26,27)(H,29,30)(H4,18,20,22,23,28)/t10-/m0/s1. The lowest BCUT2D eigenvalue weighted by Crippen LogP contribution is -2.41. The highest BCUT2D eigenvalue weighted by Crippen LogP contribution is 2.10. The van der Waals surface area contributed by atoms with Crippen LogP contribution in [0.15, 0.2) is 10.9 Å². The molecule has 2 rings (SSSR count). The minimum Gasteiger partial charge on any atom is -0.481 e. The van der Waals surface area contributed by atoms with Gasteiger partial charge in [0.1, 0.15) is 11.7 Å². The first kappa shape index (κ1) is 22.4. The summed E-state index contributed by atoms with van der Waals surface area (Å²) in [5.74, 6) is -3.42. The maximum atomic E-state index is 12.0. The van der Waals surface area contributed by atoms with Crippen molar-refractivity contribution in [1.29, 1.82) is 0 Å². The van der Waals surface area contributed by atoms with Crippen LogP contribution in [0.3, 0.4) is 0 Å². The minimum absolute atomic E-state index is 0.0396. The molecule has 30 heavy (non-hydrogen) atoms. The number of aliphatic carboxylic acids is 2. The highest BCUT2D eigenvalue weighted by molar-refractivity contribution is 5.84. The Kier molecular flexibility index (Phi) is 7.50. The minimum atomic E-state index is -1.31. The number of carboxylic acids is 2. The lowest BCUT2D eigenvalue weighted by atomic mass is 10.1. The van der Waals surface area contributed by atoms with E-state index in [9.17, 15) is 24.0 Å². The van der Waals surface area contributed by atoms with Crippen molar-refractivity contribution in [1.82, 2.24) is 25.6 Å². The van der Waals surface area contributed by atoms with Gasteiger partial charge in [-0.05, 0) is 18.9 Å². The number of aromatic amines is 2. The number of nitrogens with two attached hydrogens (primary N) is 1. The third-order valence-corrected chi connectivity index (χ3v) is 4.11. The number of carbonyl (C=O) groups is 4. The average molecular weight is 422 g/mol. The topological polar surface area (TPSA) is 220 Å². The van der Waals surface area contributed by atoms with Gasteiger partial charge in [0.05, 0.1) is 11.8 Å². The molecule has 13 heteroatoms. The van der Waals surface area contributed by atoms with Gasteiger partial charge in [0, 0.05) is 25.1 Å². The summed E-state index contributed by atoms with van der Waals surface area (Å²) >= 11 is 0. The summed E-state index contributed by atoms with van der Waals surface area (Å²) in [6, 6.07) is 0.215. The molecule has 0 aliphatic carbocycles. The molecule has 8 N–H and O–H groups in total. The van der Waals surface area contributed by atoms with E-state index in [1.54, 1.807) is 0 Å². The molecule has 0 fully saturated rings. The van der Waals surface area contributed by atoms with E-state index in [0.717, 1.165) is 0 Å². The lowest BCUT2D eigenvalue weighted by molar-refractivity contribution is -0.143. The largest absolute Gasteiger partial charge is 0.481 e. The maximum Gasteiger partial charge on any atom is 0.326 e. The Bertz CT molecular complexity index is 1010. The first-order valence-electron chi connectivity index (χ1n) is 9.03. The quantitative estimate of drug-likeness (QED) is 0.214. The van der Waals surface area contributed by atoms with E-state index in [1.807, 2.05) is 0 Å². The number of H-pyrrole nitrogens is 2. The molecule has 0 saturated heterocycles. The maximum absolute atomic E-state index is 12.0. The first-order chi connectivity index (χ1) is 14.2. The predicted octanol–water partition coefficient (Wildman–Crippen LogP) is -1.29. The summed E-state index contributed by atoms with van der Waals surface area (Å²) < 4.78 is 0. The fourth-order valence-corrected chi connectivity index (χ4v) is 2.69. The molecule has 162 valence electrons. The molecule has 2 amide bonds.